The van der Waals surface area contributed by atoms with Crippen LogP contribution in [0.25, 0.3) is 11.3 Å². The second-order valence-electron chi connectivity index (χ2n) is 38.7. The number of nitrogens with one attached hydrogen (secondary N) is 1. The number of halogens is 6. The molecule has 8 aromatic rings. The number of ether oxygens (including phenoxy) is 11. The van der Waals surface area contributed by atoms with Crippen LogP contribution >= 0.6 is 39.1 Å². The molecule has 0 spiro atoms. The Morgan fingerprint density at radius 2 is 0.833 bits per heavy atom. The van der Waals surface area contributed by atoms with E-state index in [2.05, 4.69) is 54.1 Å². The van der Waals surface area contributed by atoms with Gasteiger partial charge in [-0.05, 0) is 186 Å². The molecule has 0 radical (unpaired) electrons. The number of benzene rings is 4. The topological polar surface area (TPSA) is 584 Å². The number of nitro benzene ring substituents is 4. The van der Waals surface area contributed by atoms with Crippen molar-refractivity contribution in [2.45, 2.75) is 232 Å². The smallest absolute Gasteiger partial charge is 1.00 e. The third-order valence-electron chi connectivity index (χ3n) is 21.3. The fourth-order valence-electron chi connectivity index (χ4n) is 12.4. The maximum absolute atomic E-state index is 13.2. The molecule has 5 aliphatic carbocycles. The van der Waals surface area contributed by atoms with Crippen LogP contribution in [-0.2, 0) is 72.7 Å². The number of quaternary nitrogens is 1. The van der Waals surface area contributed by atoms with Crippen LogP contribution < -0.4 is 74.5 Å². The van der Waals surface area contributed by atoms with Crippen LogP contribution in [0.1, 0.15) is 212 Å². The molecule has 0 saturated heterocycles. The van der Waals surface area contributed by atoms with E-state index in [1.807, 2.05) is 41.5 Å². The summed E-state index contributed by atoms with van der Waals surface area (Å²) in [6, 6.07) is 21.9. The molecule has 4 aromatic carbocycles. The molecule has 5 saturated carbocycles. The average molecular weight is 2150 g/mol. The summed E-state index contributed by atoms with van der Waals surface area (Å²) in [5.74, 6) is -4.12. The van der Waals surface area contributed by atoms with E-state index in [9.17, 15) is 82.4 Å². The second kappa shape index (κ2) is 52.5. The van der Waals surface area contributed by atoms with Gasteiger partial charge in [0.25, 0.3) is 5.91 Å². The van der Waals surface area contributed by atoms with Gasteiger partial charge in [-0.25, -0.2) is 33.4 Å². The van der Waals surface area contributed by atoms with Crippen LogP contribution in [0.5, 0.6) is 23.0 Å². The van der Waals surface area contributed by atoms with Crippen molar-refractivity contribution in [1.29, 1.82) is 0 Å². The Labute approximate surface area is 869 Å². The molecule has 0 atom stereocenters. The van der Waals surface area contributed by atoms with Crippen molar-refractivity contribution >= 4 is 127 Å². The van der Waals surface area contributed by atoms with Gasteiger partial charge in [0.2, 0.25) is 0 Å². The molecule has 7 N–H and O–H groups in total. The number of carbonyl (C=O) groups excluding carboxylic acids is 6. The minimum absolute atomic E-state index is 0. The number of hydrogen-bond acceptors (Lipinski definition) is 33. The first kappa shape index (κ1) is 123. The quantitative estimate of drug-likeness (QED) is 0.00653. The molecule has 13 rings (SSSR count). The number of rotatable bonds is 32. The first-order valence-electron chi connectivity index (χ1n) is 44.3. The zero-order valence-electron chi connectivity index (χ0n) is 84.8. The Balaban J connectivity index is 0.000000365. The van der Waals surface area contributed by atoms with Gasteiger partial charge < -0.3 is 89.8 Å². The number of aromatic nitrogens is 6. The summed E-state index contributed by atoms with van der Waals surface area (Å²) in [5, 5.41) is 90.8. The predicted molar refractivity (Wildman–Crippen MR) is 515 cm³/mol. The number of aliphatic hydroxyl groups is 2. The number of esters is 2. The Morgan fingerprint density at radius 1 is 0.507 bits per heavy atom. The second-order valence-corrected chi connectivity index (χ2v) is 40.0. The van der Waals surface area contributed by atoms with Gasteiger partial charge in [0.1, 0.15) is 40.5 Å². The summed E-state index contributed by atoms with van der Waals surface area (Å²) in [4.78, 5) is 134. The largest absolute Gasteiger partial charge is 1.00 e. The van der Waals surface area contributed by atoms with Gasteiger partial charge in [-0.15, -0.1) is 0 Å². The molecule has 0 bridgehead atoms. The molecule has 3 amide bonds. The molecule has 5 aliphatic rings. The van der Waals surface area contributed by atoms with Crippen LogP contribution in [0.3, 0.4) is 0 Å². The van der Waals surface area contributed by atoms with E-state index in [1.54, 1.807) is 84.0 Å². The van der Waals surface area contributed by atoms with Gasteiger partial charge in [-0.2, -0.15) is 23.4 Å². The number of methoxy groups -OCH3 is 4. The number of carboxylic acids is 2. The molecule has 788 valence electrons. The number of carbonyl (C=O) groups is 7. The van der Waals surface area contributed by atoms with E-state index < -0.39 is 83.8 Å². The number of carboxylic acid groups (broad SMARTS) is 2. The van der Waals surface area contributed by atoms with Crippen LogP contribution in [0.4, 0.5) is 56.9 Å². The third kappa shape index (κ3) is 40.1. The van der Waals surface area contributed by atoms with Gasteiger partial charge in [-0.3, -0.25) is 64.6 Å². The molecular formula is C93H123BrCl2F3N14NaO30. The molecule has 5 fully saturated rings. The average Bonchev–Trinajstić information content (AvgIpc) is 1.61. The minimum Gasteiger partial charge on any atom is -1.00 e. The van der Waals surface area contributed by atoms with Crippen LogP contribution in [-0.4, -0.2) is 221 Å². The third-order valence-corrected chi connectivity index (χ3v) is 22.3. The number of anilines is 2. The first-order valence-corrected chi connectivity index (χ1v) is 46.2. The molecule has 51 heteroatoms. The van der Waals surface area contributed by atoms with Crippen molar-refractivity contribution in [2.75, 3.05) is 85.4 Å². The number of aromatic carboxylic acids is 1. The summed E-state index contributed by atoms with van der Waals surface area (Å²) in [7, 11) is 8.59. The molecule has 4 aromatic heterocycles. The molecule has 0 unspecified atom stereocenters. The SMILES string of the molecule is CC(C)(C)OC(=O)CC1(CO)CC1.CC1(CO)CC1.CN(C(=O)OC(C)(C)C)c1cc(Cl)nn2c(C(=O)O)cnc12.COc1ccc(CBr)cc1[N+](=O)[O-].COc1ccc(COCC2(CC(=O)OC(C)(C)C)CC2)cc1[N+](=O)[O-].COc1ccc(COCC2(NC(=O)c3cnc4c(N(C)C(=O)OC(C)(C)C)cc(Cl)nn34)CC2)cc1[N+](=O)[O-].COc1ccc(COCC2([NH3+])CC2)cc1[N+](=O)[O-].O=C([O-])C(F)(F)F.[H-].[Na+]. The van der Waals surface area contributed by atoms with Crippen molar-refractivity contribution < 1.29 is 176 Å². The molecule has 4 heterocycles. The predicted octanol–water partition coefficient (Wildman–Crippen LogP) is 12.3. The van der Waals surface area contributed by atoms with Crippen molar-refractivity contribution in [1.82, 2.24) is 34.5 Å². The summed E-state index contributed by atoms with van der Waals surface area (Å²) < 4.78 is 92.0. The zero-order chi connectivity index (χ0) is 108. The van der Waals surface area contributed by atoms with E-state index in [0.717, 1.165) is 60.4 Å². The number of aliphatic carboxylic acids is 1. The summed E-state index contributed by atoms with van der Waals surface area (Å²) in [5.41, 5.74) is 4.99. The fraction of sp³-hybridized carbons (Fsp3) is 0.538. The maximum Gasteiger partial charge on any atom is 1.00 e. The van der Waals surface area contributed by atoms with Gasteiger partial charge >= 0.3 is 88.6 Å². The Bertz CT molecular complexity index is 5840. The number of nitrogens with zero attached hydrogens (tertiary/aromatic N) is 12. The number of amides is 3. The number of fused-ring (bicyclic) bond motifs is 2. The van der Waals surface area contributed by atoms with Crippen molar-refractivity contribution in [3.05, 3.63) is 182 Å². The Hall–Kier alpha value is -11.6. The van der Waals surface area contributed by atoms with Crippen molar-refractivity contribution in [3.8, 4) is 23.0 Å². The number of hydrogen-bond donors (Lipinski definition) is 5. The van der Waals surface area contributed by atoms with Crippen LogP contribution in [0, 0.1) is 56.7 Å². The van der Waals surface area contributed by atoms with Crippen molar-refractivity contribution in [2.24, 2.45) is 16.2 Å². The van der Waals surface area contributed by atoms with E-state index in [0.29, 0.717) is 85.4 Å². The molecule has 0 aliphatic heterocycles. The van der Waals surface area contributed by atoms with E-state index in [-0.39, 0.29) is 164 Å². The number of imidazole rings is 2. The maximum atomic E-state index is 13.2. The van der Waals surface area contributed by atoms with Gasteiger partial charge in [-0.1, -0.05) is 70.3 Å². The number of alkyl halides is 4. The number of nitro groups is 4. The number of aliphatic hydroxyl groups excluding tert-OH is 2. The standard InChI is InChI=1S/C25H29ClN6O7.C18H25NO6.C13H15ClN4O4.C12H16N2O4.C10H18O3.C8H8BrNO3.C5H10O.C2HF3O2.Na.H/c1-24(2,3)39-23(34)30(4)17-11-20(26)29-31-18(12-27-21(17)31)22(33)28-25(8-9-25)14-38-13-15-6-7-19(37-5)16(10-15)32(35)36;1-17(2,3)25-16(20)10-18(7-8-18)12-24-11-13-5-6-15(23-4)14(9-13)19(21)22;1-13(2,3)22-12(21)17(4)7-5-9(14)16-18-8(11(19)20)6-15-10(7)18;1-17-11-3-2-9(6-10(11)14(15)16)7-18-8-12(13)4-5-12;1-9(2,3)13-8(12)6-10(7-11)4-5-10;1-13-8-3-2-6(5-9)4-7(8)10(11)12;1-5(4-6)2-3-5;3-2(4,5)1(6)7;;/h6-7,10-12H,8-9,13-14H2,1-5H3,(H,28,33);5-6,9H,7-8,10-12H2,1-4H3;5-6H,1-4H3,(H,19,20);2-3,6H,4-5,7-8,13H2,1H3;11H,4-7H2,1-3H3;2-4H,5H2,1H3;6H,2-4H2,1H3;(H,6,7);;/q;;;;;;;;+1;-1. The van der Waals surface area contributed by atoms with Crippen LogP contribution in [0.2, 0.25) is 10.3 Å². The van der Waals surface area contributed by atoms with Gasteiger partial charge in [0, 0.05) is 92.7 Å². The summed E-state index contributed by atoms with van der Waals surface area (Å²) >= 11 is 15.4. The van der Waals surface area contributed by atoms with Crippen molar-refractivity contribution in [3.63, 3.8) is 0 Å². The zero-order valence-corrected chi connectivity index (χ0v) is 88.9. The fourth-order valence-corrected chi connectivity index (χ4v) is 13.1. The summed E-state index contributed by atoms with van der Waals surface area (Å²) in [6.45, 7) is 26.1. The minimum atomic E-state index is -5.19. The van der Waals surface area contributed by atoms with Crippen LogP contribution in [0.15, 0.2) is 97.3 Å². The molecule has 44 nitrogen and oxygen atoms in total. The summed E-state index contributed by atoms with van der Waals surface area (Å²) in [6.07, 6.45) is 6.55. The Morgan fingerprint density at radius 3 is 1.12 bits per heavy atom. The molecular weight excluding hydrogens is 2020 g/mol. The normalized spacial score (nSPS) is 14.6. The monoisotopic (exact) mass is 2140 g/mol. The first-order chi connectivity index (χ1) is 66.4. The van der Waals surface area contributed by atoms with Gasteiger partial charge in [0.05, 0.1) is 123 Å². The molecule has 144 heavy (non-hydrogen) atoms. The van der Waals surface area contributed by atoms with Gasteiger partial charge in [0.15, 0.2) is 56.0 Å². The van der Waals surface area contributed by atoms with E-state index in [4.69, 9.17) is 101 Å². The van der Waals surface area contributed by atoms with E-state index >= 15 is 0 Å². The Kier molecular flexibility index (Phi) is 44.8. The van der Waals surface area contributed by atoms with E-state index in [1.165, 1.54) is 118 Å².